The summed E-state index contributed by atoms with van der Waals surface area (Å²) in [6.07, 6.45) is 2.61. The van der Waals surface area contributed by atoms with Gasteiger partial charge in [-0.3, -0.25) is 4.79 Å². The van der Waals surface area contributed by atoms with Crippen LogP contribution in [-0.4, -0.2) is 22.3 Å². The van der Waals surface area contributed by atoms with Crippen LogP contribution in [0.1, 0.15) is 46.5 Å². The molecule has 76 valence electrons. The maximum Gasteiger partial charge on any atom is 0.309 e. The van der Waals surface area contributed by atoms with Gasteiger partial charge in [0.15, 0.2) is 0 Å². The Labute approximate surface area is 79.1 Å². The Hall–Kier alpha value is -0.570. The molecule has 1 saturated carbocycles. The minimum absolute atomic E-state index is 0.143. The van der Waals surface area contributed by atoms with Gasteiger partial charge < -0.3 is 9.84 Å². The van der Waals surface area contributed by atoms with E-state index in [4.69, 9.17) is 4.74 Å². The summed E-state index contributed by atoms with van der Waals surface area (Å²) >= 11 is 0. The number of carbonyl (C=O) groups excluding carboxylic acids is 1. The zero-order chi connectivity index (χ0) is 10.1. The third-order valence-electron chi connectivity index (χ3n) is 2.18. The second kappa shape index (κ2) is 3.29. The Bertz CT molecular complexity index is 199. The van der Waals surface area contributed by atoms with E-state index in [0.717, 1.165) is 19.3 Å². The zero-order valence-corrected chi connectivity index (χ0v) is 8.59. The molecule has 0 amide bonds. The quantitative estimate of drug-likeness (QED) is 0.667. The van der Waals surface area contributed by atoms with Crippen molar-refractivity contribution < 1.29 is 14.6 Å². The SMILES string of the molecule is CC(C)(C)OC(=O)CC1(O)CCC1. The molecular weight excluding hydrogens is 168 g/mol. The van der Waals surface area contributed by atoms with Gasteiger partial charge in [0.2, 0.25) is 0 Å². The predicted octanol–water partition coefficient (Wildman–Crippen LogP) is 1.63. The summed E-state index contributed by atoms with van der Waals surface area (Å²) in [7, 11) is 0. The lowest BCUT2D eigenvalue weighted by molar-refractivity contribution is -0.163. The fraction of sp³-hybridized carbons (Fsp3) is 0.900. The highest BCUT2D eigenvalue weighted by atomic mass is 16.6. The lowest BCUT2D eigenvalue weighted by Gasteiger charge is -2.36. The molecular formula is C10H18O3. The van der Waals surface area contributed by atoms with E-state index >= 15 is 0 Å². The third-order valence-corrected chi connectivity index (χ3v) is 2.18. The van der Waals surface area contributed by atoms with Crippen molar-refractivity contribution in [1.82, 2.24) is 0 Å². The minimum Gasteiger partial charge on any atom is -0.460 e. The molecule has 0 bridgehead atoms. The minimum atomic E-state index is -0.762. The Morgan fingerprint density at radius 3 is 2.31 bits per heavy atom. The molecule has 1 N–H and O–H groups in total. The Balaban J connectivity index is 2.33. The smallest absolute Gasteiger partial charge is 0.309 e. The van der Waals surface area contributed by atoms with Crippen LogP contribution in [0.4, 0.5) is 0 Å². The summed E-state index contributed by atoms with van der Waals surface area (Å²) in [4.78, 5) is 11.3. The highest BCUT2D eigenvalue weighted by Gasteiger charge is 2.37. The number of aliphatic hydroxyl groups is 1. The summed E-state index contributed by atoms with van der Waals surface area (Å²) in [6.45, 7) is 5.49. The van der Waals surface area contributed by atoms with Gasteiger partial charge in [-0.1, -0.05) is 0 Å². The summed E-state index contributed by atoms with van der Waals surface area (Å²) in [5.74, 6) is -0.297. The molecule has 1 aliphatic rings. The van der Waals surface area contributed by atoms with Crippen LogP contribution in [0.15, 0.2) is 0 Å². The van der Waals surface area contributed by atoms with E-state index in [1.165, 1.54) is 0 Å². The van der Waals surface area contributed by atoms with E-state index in [1.54, 1.807) is 0 Å². The highest BCUT2D eigenvalue weighted by molar-refractivity contribution is 5.71. The molecule has 0 spiro atoms. The highest BCUT2D eigenvalue weighted by Crippen LogP contribution is 2.35. The molecule has 0 radical (unpaired) electrons. The maximum absolute atomic E-state index is 11.3. The number of ether oxygens (including phenoxy) is 1. The average Bonchev–Trinajstić information content (AvgIpc) is 1.79. The van der Waals surface area contributed by atoms with Crippen LogP contribution in [-0.2, 0) is 9.53 Å². The Kier molecular flexibility index (Phi) is 2.66. The van der Waals surface area contributed by atoms with Gasteiger partial charge in [0, 0.05) is 0 Å². The molecule has 0 aliphatic heterocycles. The number of rotatable bonds is 2. The van der Waals surface area contributed by atoms with Crippen molar-refractivity contribution in [3.05, 3.63) is 0 Å². The van der Waals surface area contributed by atoms with Crippen LogP contribution in [0.3, 0.4) is 0 Å². The summed E-state index contributed by atoms with van der Waals surface area (Å²) < 4.78 is 5.11. The second-order valence-corrected chi connectivity index (χ2v) is 4.84. The lowest BCUT2D eigenvalue weighted by Crippen LogP contribution is -2.40. The average molecular weight is 186 g/mol. The van der Waals surface area contributed by atoms with Gasteiger partial charge in [-0.2, -0.15) is 0 Å². The van der Waals surface area contributed by atoms with E-state index in [0.29, 0.717) is 0 Å². The van der Waals surface area contributed by atoms with Crippen LogP contribution in [0, 0.1) is 0 Å². The topological polar surface area (TPSA) is 46.5 Å². The van der Waals surface area contributed by atoms with Gasteiger partial charge in [-0.15, -0.1) is 0 Å². The fourth-order valence-corrected chi connectivity index (χ4v) is 1.41. The van der Waals surface area contributed by atoms with E-state index in [9.17, 15) is 9.90 Å². The maximum atomic E-state index is 11.3. The summed E-state index contributed by atoms with van der Waals surface area (Å²) in [5, 5.41) is 9.68. The normalized spacial score (nSPS) is 20.6. The zero-order valence-electron chi connectivity index (χ0n) is 8.59. The first kappa shape index (κ1) is 10.5. The van der Waals surface area contributed by atoms with Crippen molar-refractivity contribution in [2.24, 2.45) is 0 Å². The molecule has 0 aromatic carbocycles. The molecule has 1 fully saturated rings. The van der Waals surface area contributed by atoms with E-state index < -0.39 is 11.2 Å². The molecule has 3 nitrogen and oxygen atoms in total. The second-order valence-electron chi connectivity index (χ2n) is 4.84. The molecule has 0 saturated heterocycles. The molecule has 0 atom stereocenters. The molecule has 1 rings (SSSR count). The van der Waals surface area contributed by atoms with E-state index in [-0.39, 0.29) is 12.4 Å². The molecule has 13 heavy (non-hydrogen) atoms. The van der Waals surface area contributed by atoms with Crippen LogP contribution >= 0.6 is 0 Å². The molecule has 0 heterocycles. The van der Waals surface area contributed by atoms with Crippen LogP contribution in [0.2, 0.25) is 0 Å². The van der Waals surface area contributed by atoms with Gasteiger partial charge in [0.25, 0.3) is 0 Å². The Morgan fingerprint density at radius 2 is 2.00 bits per heavy atom. The van der Waals surface area contributed by atoms with Gasteiger partial charge >= 0.3 is 5.97 Å². The number of hydrogen-bond donors (Lipinski definition) is 1. The largest absolute Gasteiger partial charge is 0.460 e. The van der Waals surface area contributed by atoms with Crippen molar-refractivity contribution in [1.29, 1.82) is 0 Å². The van der Waals surface area contributed by atoms with E-state index in [2.05, 4.69) is 0 Å². The standard InChI is InChI=1S/C10H18O3/c1-9(2,3)13-8(11)7-10(12)5-4-6-10/h12H,4-7H2,1-3H3. The van der Waals surface area contributed by atoms with Gasteiger partial charge in [0.05, 0.1) is 12.0 Å². The third kappa shape index (κ3) is 3.35. The van der Waals surface area contributed by atoms with Crippen molar-refractivity contribution in [3.63, 3.8) is 0 Å². The number of carbonyl (C=O) groups is 1. The predicted molar refractivity (Wildman–Crippen MR) is 49.3 cm³/mol. The Morgan fingerprint density at radius 1 is 1.46 bits per heavy atom. The molecule has 3 heteroatoms. The van der Waals surface area contributed by atoms with Crippen LogP contribution in [0.25, 0.3) is 0 Å². The van der Waals surface area contributed by atoms with Crippen LogP contribution < -0.4 is 0 Å². The van der Waals surface area contributed by atoms with Crippen molar-refractivity contribution in [2.75, 3.05) is 0 Å². The molecule has 0 unspecified atom stereocenters. The van der Waals surface area contributed by atoms with Crippen molar-refractivity contribution in [3.8, 4) is 0 Å². The summed E-state index contributed by atoms with van der Waals surface area (Å²) in [6, 6.07) is 0. The van der Waals surface area contributed by atoms with Crippen molar-refractivity contribution >= 4 is 5.97 Å². The first-order chi connectivity index (χ1) is 5.81. The van der Waals surface area contributed by atoms with Crippen molar-refractivity contribution in [2.45, 2.75) is 57.7 Å². The monoisotopic (exact) mass is 186 g/mol. The number of esters is 1. The van der Waals surface area contributed by atoms with Gasteiger partial charge in [-0.25, -0.2) is 0 Å². The van der Waals surface area contributed by atoms with Gasteiger partial charge in [-0.05, 0) is 40.0 Å². The lowest BCUT2D eigenvalue weighted by atomic mass is 9.78. The molecule has 0 aromatic heterocycles. The van der Waals surface area contributed by atoms with Gasteiger partial charge in [0.1, 0.15) is 5.60 Å². The molecule has 1 aliphatic carbocycles. The summed E-state index contributed by atoms with van der Waals surface area (Å²) in [5.41, 5.74) is -1.21. The number of hydrogen-bond acceptors (Lipinski definition) is 3. The molecule has 0 aromatic rings. The van der Waals surface area contributed by atoms with E-state index in [1.807, 2.05) is 20.8 Å². The first-order valence-electron chi connectivity index (χ1n) is 4.75. The first-order valence-corrected chi connectivity index (χ1v) is 4.75. The van der Waals surface area contributed by atoms with Crippen LogP contribution in [0.5, 0.6) is 0 Å². The fourth-order valence-electron chi connectivity index (χ4n) is 1.41.